The summed E-state index contributed by atoms with van der Waals surface area (Å²) in [6, 6.07) is 4.45. The van der Waals surface area contributed by atoms with Gasteiger partial charge in [-0.05, 0) is 24.1 Å². The lowest BCUT2D eigenvalue weighted by Gasteiger charge is -2.17. The third kappa shape index (κ3) is 5.84. The largest absolute Gasteiger partial charge is 0.493 e. The smallest absolute Gasteiger partial charge is 0.203 e. The molecule has 0 atom stereocenters. The topological polar surface area (TPSA) is 39.7 Å². The average molecular weight is 295 g/mol. The lowest BCUT2D eigenvalue weighted by atomic mass is 10.1. The predicted molar refractivity (Wildman–Crippen MR) is 86.5 cm³/mol. The predicted octanol–water partition coefficient (Wildman–Crippen LogP) is 3.77. The Hall–Kier alpha value is -1.42. The minimum absolute atomic E-state index is 0.437. The quantitative estimate of drug-likeness (QED) is 0.667. The highest BCUT2D eigenvalue weighted by molar-refractivity contribution is 5.53. The van der Waals surface area contributed by atoms with Crippen LogP contribution in [0.3, 0.4) is 0 Å². The summed E-state index contributed by atoms with van der Waals surface area (Å²) in [5.41, 5.74) is 1.12. The van der Waals surface area contributed by atoms with Gasteiger partial charge in [0.05, 0.1) is 20.8 Å². The lowest BCUT2D eigenvalue weighted by molar-refractivity contribution is 0.268. The second kappa shape index (κ2) is 9.50. The number of unbranched alkanes of at least 4 members (excludes halogenated alkanes) is 2. The summed E-state index contributed by atoms with van der Waals surface area (Å²) in [7, 11) is 3.32. The molecule has 0 saturated carbocycles. The van der Waals surface area contributed by atoms with Crippen molar-refractivity contribution < 1.29 is 14.2 Å². The zero-order chi connectivity index (χ0) is 15.7. The van der Waals surface area contributed by atoms with E-state index in [1.165, 1.54) is 12.8 Å². The third-order valence-corrected chi connectivity index (χ3v) is 3.23. The number of nitrogens with one attached hydrogen (secondary N) is 1. The van der Waals surface area contributed by atoms with Gasteiger partial charge in [-0.1, -0.05) is 33.6 Å². The van der Waals surface area contributed by atoms with E-state index >= 15 is 0 Å². The Morgan fingerprint density at radius 3 is 2.14 bits per heavy atom. The number of methoxy groups -OCH3 is 2. The number of hydrogen-bond acceptors (Lipinski definition) is 4. The molecule has 0 aliphatic heterocycles. The molecule has 0 saturated heterocycles. The van der Waals surface area contributed by atoms with Gasteiger partial charge in [-0.25, -0.2) is 0 Å². The van der Waals surface area contributed by atoms with Crippen LogP contribution < -0.4 is 19.5 Å². The number of hydrogen-bond donors (Lipinski definition) is 1. The van der Waals surface area contributed by atoms with Crippen LogP contribution in [0.1, 0.15) is 45.6 Å². The van der Waals surface area contributed by atoms with Gasteiger partial charge >= 0.3 is 0 Å². The molecule has 1 N–H and O–H groups in total. The van der Waals surface area contributed by atoms with Gasteiger partial charge in [-0.2, -0.15) is 0 Å². The molecule has 1 aromatic rings. The molecule has 0 unspecified atom stereocenters. The van der Waals surface area contributed by atoms with Crippen molar-refractivity contribution in [1.29, 1.82) is 0 Å². The van der Waals surface area contributed by atoms with Crippen molar-refractivity contribution in [3.8, 4) is 17.2 Å². The fraction of sp³-hybridized carbons (Fsp3) is 0.647. The van der Waals surface area contributed by atoms with E-state index in [1.807, 2.05) is 12.1 Å². The maximum absolute atomic E-state index is 5.86. The molecule has 0 fully saturated rings. The SMILES string of the molecule is CCCCCOc1c(OC)cc(CNC(C)C)cc1OC. The molecule has 0 bridgehead atoms. The van der Waals surface area contributed by atoms with Crippen molar-refractivity contribution in [1.82, 2.24) is 5.32 Å². The fourth-order valence-corrected chi connectivity index (χ4v) is 2.03. The summed E-state index contributed by atoms with van der Waals surface area (Å²) in [6.07, 6.45) is 3.39. The van der Waals surface area contributed by atoms with Crippen LogP contribution in [-0.2, 0) is 6.54 Å². The van der Waals surface area contributed by atoms with Crippen LogP contribution in [0.4, 0.5) is 0 Å². The Balaban J connectivity index is 2.85. The van der Waals surface area contributed by atoms with Crippen LogP contribution in [0.25, 0.3) is 0 Å². The summed E-state index contributed by atoms with van der Waals surface area (Å²) < 4.78 is 16.8. The Morgan fingerprint density at radius 2 is 1.67 bits per heavy atom. The van der Waals surface area contributed by atoms with E-state index < -0.39 is 0 Å². The van der Waals surface area contributed by atoms with Gasteiger partial charge in [0.2, 0.25) is 5.75 Å². The van der Waals surface area contributed by atoms with Crippen molar-refractivity contribution in [3.63, 3.8) is 0 Å². The molecule has 21 heavy (non-hydrogen) atoms. The molecular formula is C17H29NO3. The molecule has 0 heterocycles. The van der Waals surface area contributed by atoms with Crippen molar-refractivity contribution in [2.75, 3.05) is 20.8 Å². The van der Waals surface area contributed by atoms with E-state index in [0.717, 1.165) is 30.0 Å². The lowest BCUT2D eigenvalue weighted by Crippen LogP contribution is -2.21. The van der Waals surface area contributed by atoms with Crippen LogP contribution in [0, 0.1) is 0 Å². The van der Waals surface area contributed by atoms with Gasteiger partial charge in [0.25, 0.3) is 0 Å². The average Bonchev–Trinajstić information content (AvgIpc) is 2.49. The van der Waals surface area contributed by atoms with Crippen molar-refractivity contribution in [2.45, 2.75) is 52.6 Å². The molecule has 0 aliphatic carbocycles. The Morgan fingerprint density at radius 1 is 1.05 bits per heavy atom. The van der Waals surface area contributed by atoms with Crippen LogP contribution in [0.2, 0.25) is 0 Å². The second-order valence-corrected chi connectivity index (χ2v) is 5.42. The molecule has 120 valence electrons. The standard InChI is InChI=1S/C17H29NO3/c1-6-7-8-9-21-17-15(19-4)10-14(11-16(17)20-5)12-18-13(2)3/h10-11,13,18H,6-9,12H2,1-5H3. The van der Waals surface area contributed by atoms with Crippen LogP contribution >= 0.6 is 0 Å². The summed E-state index contributed by atoms with van der Waals surface area (Å²) in [5.74, 6) is 2.15. The molecule has 0 aromatic heterocycles. The minimum Gasteiger partial charge on any atom is -0.493 e. The first-order chi connectivity index (χ1) is 10.1. The maximum Gasteiger partial charge on any atom is 0.203 e. The van der Waals surface area contributed by atoms with E-state index in [4.69, 9.17) is 14.2 Å². The van der Waals surface area contributed by atoms with Gasteiger partial charge in [0.1, 0.15) is 0 Å². The Kier molecular flexibility index (Phi) is 7.98. The fourth-order valence-electron chi connectivity index (χ4n) is 2.03. The Labute approximate surface area is 128 Å². The second-order valence-electron chi connectivity index (χ2n) is 5.42. The maximum atomic E-state index is 5.86. The molecule has 1 aromatic carbocycles. The zero-order valence-corrected chi connectivity index (χ0v) is 14.0. The van der Waals surface area contributed by atoms with E-state index in [9.17, 15) is 0 Å². The first-order valence-corrected chi connectivity index (χ1v) is 7.73. The minimum atomic E-state index is 0.437. The molecule has 4 heteroatoms. The molecule has 0 amide bonds. The number of benzene rings is 1. The summed E-state index contributed by atoms with van der Waals surface area (Å²) in [5, 5.41) is 3.39. The third-order valence-electron chi connectivity index (χ3n) is 3.23. The van der Waals surface area contributed by atoms with Crippen molar-refractivity contribution in [2.24, 2.45) is 0 Å². The normalized spacial score (nSPS) is 10.8. The van der Waals surface area contributed by atoms with Crippen LogP contribution in [0.15, 0.2) is 12.1 Å². The highest BCUT2D eigenvalue weighted by Gasteiger charge is 2.14. The molecule has 1 rings (SSSR count). The monoisotopic (exact) mass is 295 g/mol. The van der Waals surface area contributed by atoms with Crippen molar-refractivity contribution in [3.05, 3.63) is 17.7 Å². The highest BCUT2D eigenvalue weighted by Crippen LogP contribution is 2.38. The molecule has 0 aliphatic rings. The molecule has 0 spiro atoms. The van der Waals surface area contributed by atoms with Crippen molar-refractivity contribution >= 4 is 0 Å². The van der Waals surface area contributed by atoms with Gasteiger partial charge in [0.15, 0.2) is 11.5 Å². The molecule has 4 nitrogen and oxygen atoms in total. The molecule has 0 radical (unpaired) electrons. The van der Waals surface area contributed by atoms with E-state index in [1.54, 1.807) is 14.2 Å². The number of rotatable bonds is 10. The van der Waals surface area contributed by atoms with E-state index in [0.29, 0.717) is 18.4 Å². The van der Waals surface area contributed by atoms with Gasteiger partial charge in [0, 0.05) is 12.6 Å². The zero-order valence-electron chi connectivity index (χ0n) is 14.0. The summed E-state index contributed by atoms with van der Waals surface area (Å²) >= 11 is 0. The Bertz CT molecular complexity index is 393. The summed E-state index contributed by atoms with van der Waals surface area (Å²) in [4.78, 5) is 0. The molecular weight excluding hydrogens is 266 g/mol. The number of ether oxygens (including phenoxy) is 3. The van der Waals surface area contributed by atoms with Gasteiger partial charge in [-0.3, -0.25) is 0 Å². The van der Waals surface area contributed by atoms with Gasteiger partial charge in [-0.15, -0.1) is 0 Å². The first kappa shape index (κ1) is 17.6. The highest BCUT2D eigenvalue weighted by atomic mass is 16.5. The van der Waals surface area contributed by atoms with Crippen LogP contribution in [0.5, 0.6) is 17.2 Å². The summed E-state index contributed by atoms with van der Waals surface area (Å²) in [6.45, 7) is 7.89. The van der Waals surface area contributed by atoms with Gasteiger partial charge < -0.3 is 19.5 Å². The first-order valence-electron chi connectivity index (χ1n) is 7.73. The van der Waals surface area contributed by atoms with E-state index in [-0.39, 0.29) is 0 Å². The van der Waals surface area contributed by atoms with E-state index in [2.05, 4.69) is 26.1 Å². The van der Waals surface area contributed by atoms with Crippen LogP contribution in [-0.4, -0.2) is 26.9 Å².